The van der Waals surface area contributed by atoms with Crippen LogP contribution in [-0.2, 0) is 4.74 Å². The van der Waals surface area contributed by atoms with E-state index in [1.165, 1.54) is 12.1 Å². The molecule has 0 aliphatic rings. The summed E-state index contributed by atoms with van der Waals surface area (Å²) in [7, 11) is 1.60. The van der Waals surface area contributed by atoms with Gasteiger partial charge < -0.3 is 15.2 Å². The third-order valence-electron chi connectivity index (χ3n) is 2.34. The van der Waals surface area contributed by atoms with E-state index in [-0.39, 0.29) is 18.0 Å². The normalized spacial score (nSPS) is 14.6. The molecule has 0 heterocycles. The lowest BCUT2D eigenvalue weighted by Crippen LogP contribution is -2.17. The van der Waals surface area contributed by atoms with Crippen LogP contribution in [0.1, 0.15) is 25.5 Å². The van der Waals surface area contributed by atoms with Crippen molar-refractivity contribution >= 4 is 0 Å². The average Bonchev–Trinajstić information content (AvgIpc) is 2.25. The molecule has 0 fully saturated rings. The first-order valence-corrected chi connectivity index (χ1v) is 5.25. The van der Waals surface area contributed by atoms with Crippen molar-refractivity contribution in [3.8, 4) is 5.75 Å². The number of benzene rings is 1. The smallest absolute Gasteiger partial charge is 0.127 e. The lowest BCUT2D eigenvalue weighted by molar-refractivity contribution is 0.0711. The predicted octanol–water partition coefficient (Wildman–Crippen LogP) is 2.26. The minimum atomic E-state index is -0.329. The highest BCUT2D eigenvalue weighted by atomic mass is 19.1. The Balaban J connectivity index is 2.80. The van der Waals surface area contributed by atoms with E-state index in [9.17, 15) is 4.39 Å². The second-order valence-corrected chi connectivity index (χ2v) is 3.83. The van der Waals surface area contributed by atoms with Crippen molar-refractivity contribution in [3.63, 3.8) is 0 Å². The Hall–Kier alpha value is -1.13. The SMILES string of the molecule is COC(C)COc1cc(F)ccc1[C@H](C)N. The standard InChI is InChI=1S/C12H18FNO2/c1-8(15-3)7-16-12-6-10(13)4-5-11(12)9(2)14/h4-6,8-9H,7,14H2,1-3H3/t8?,9-/m0/s1. The Labute approximate surface area is 95.4 Å². The molecule has 0 amide bonds. The predicted molar refractivity (Wildman–Crippen MR) is 61.0 cm³/mol. The first kappa shape index (κ1) is 12.9. The monoisotopic (exact) mass is 227 g/mol. The van der Waals surface area contributed by atoms with Crippen molar-refractivity contribution in [2.24, 2.45) is 5.73 Å². The average molecular weight is 227 g/mol. The zero-order chi connectivity index (χ0) is 12.1. The molecule has 1 unspecified atom stereocenters. The van der Waals surface area contributed by atoms with Gasteiger partial charge in [0.25, 0.3) is 0 Å². The summed E-state index contributed by atoms with van der Waals surface area (Å²) in [4.78, 5) is 0. The molecule has 0 saturated carbocycles. The van der Waals surface area contributed by atoms with E-state index < -0.39 is 0 Å². The van der Waals surface area contributed by atoms with Crippen LogP contribution in [0.2, 0.25) is 0 Å². The first-order chi connectivity index (χ1) is 7.54. The van der Waals surface area contributed by atoms with Gasteiger partial charge in [-0.2, -0.15) is 0 Å². The van der Waals surface area contributed by atoms with Crippen LogP contribution >= 0.6 is 0 Å². The topological polar surface area (TPSA) is 44.5 Å². The molecule has 2 atom stereocenters. The minimum Gasteiger partial charge on any atom is -0.490 e. The Morgan fingerprint density at radius 3 is 2.62 bits per heavy atom. The van der Waals surface area contributed by atoms with Gasteiger partial charge >= 0.3 is 0 Å². The van der Waals surface area contributed by atoms with Crippen molar-refractivity contribution in [3.05, 3.63) is 29.6 Å². The van der Waals surface area contributed by atoms with E-state index >= 15 is 0 Å². The number of methoxy groups -OCH3 is 1. The van der Waals surface area contributed by atoms with E-state index in [0.29, 0.717) is 12.4 Å². The van der Waals surface area contributed by atoms with Crippen LogP contribution in [0.5, 0.6) is 5.75 Å². The van der Waals surface area contributed by atoms with Crippen molar-refractivity contribution in [2.75, 3.05) is 13.7 Å². The maximum absolute atomic E-state index is 13.1. The number of hydrogen-bond acceptors (Lipinski definition) is 3. The van der Waals surface area contributed by atoms with Gasteiger partial charge in [-0.15, -0.1) is 0 Å². The van der Waals surface area contributed by atoms with Crippen molar-refractivity contribution < 1.29 is 13.9 Å². The van der Waals surface area contributed by atoms with Crippen LogP contribution < -0.4 is 10.5 Å². The molecular formula is C12H18FNO2. The van der Waals surface area contributed by atoms with E-state index in [2.05, 4.69) is 0 Å². The largest absolute Gasteiger partial charge is 0.490 e. The van der Waals surface area contributed by atoms with Gasteiger partial charge in [-0.1, -0.05) is 6.07 Å². The second-order valence-electron chi connectivity index (χ2n) is 3.83. The summed E-state index contributed by atoms with van der Waals surface area (Å²) in [5.41, 5.74) is 6.57. The van der Waals surface area contributed by atoms with E-state index in [4.69, 9.17) is 15.2 Å². The minimum absolute atomic E-state index is 0.0378. The molecule has 0 aromatic heterocycles. The molecule has 0 aliphatic carbocycles. The molecular weight excluding hydrogens is 209 g/mol. The summed E-state index contributed by atoms with van der Waals surface area (Å²) >= 11 is 0. The summed E-state index contributed by atoms with van der Waals surface area (Å²) in [6.45, 7) is 4.09. The Morgan fingerprint density at radius 2 is 2.06 bits per heavy atom. The molecule has 4 heteroatoms. The Morgan fingerprint density at radius 1 is 1.38 bits per heavy atom. The maximum atomic E-state index is 13.1. The summed E-state index contributed by atoms with van der Waals surface area (Å²) in [6, 6.07) is 4.19. The van der Waals surface area contributed by atoms with E-state index in [1.54, 1.807) is 13.2 Å². The fourth-order valence-corrected chi connectivity index (χ4v) is 1.28. The Kier molecular flexibility index (Phi) is 4.71. The summed E-state index contributed by atoms with van der Waals surface area (Å²) in [6.07, 6.45) is -0.0378. The molecule has 0 radical (unpaired) electrons. The second kappa shape index (κ2) is 5.82. The molecule has 0 saturated heterocycles. The fraction of sp³-hybridized carbons (Fsp3) is 0.500. The van der Waals surface area contributed by atoms with Gasteiger partial charge in [0, 0.05) is 24.8 Å². The van der Waals surface area contributed by atoms with Crippen molar-refractivity contribution in [1.82, 2.24) is 0 Å². The quantitative estimate of drug-likeness (QED) is 0.839. The number of ether oxygens (including phenoxy) is 2. The van der Waals surface area contributed by atoms with Gasteiger partial charge in [0.15, 0.2) is 0 Å². The summed E-state index contributed by atoms with van der Waals surface area (Å²) in [5.74, 6) is 0.156. The van der Waals surface area contributed by atoms with Gasteiger partial charge in [0.2, 0.25) is 0 Å². The van der Waals surface area contributed by atoms with Gasteiger partial charge in [-0.05, 0) is 19.9 Å². The molecule has 1 aromatic rings. The van der Waals surface area contributed by atoms with Gasteiger partial charge in [-0.3, -0.25) is 0 Å². The number of hydrogen-bond donors (Lipinski definition) is 1. The lowest BCUT2D eigenvalue weighted by atomic mass is 10.1. The fourth-order valence-electron chi connectivity index (χ4n) is 1.28. The summed E-state index contributed by atoms with van der Waals surface area (Å²) in [5, 5.41) is 0. The van der Waals surface area contributed by atoms with Crippen LogP contribution in [0.25, 0.3) is 0 Å². The summed E-state index contributed by atoms with van der Waals surface area (Å²) < 4.78 is 23.6. The number of halogens is 1. The van der Waals surface area contributed by atoms with Crippen LogP contribution in [-0.4, -0.2) is 19.8 Å². The van der Waals surface area contributed by atoms with Crippen LogP contribution in [0, 0.1) is 5.82 Å². The van der Waals surface area contributed by atoms with Crippen molar-refractivity contribution in [1.29, 1.82) is 0 Å². The lowest BCUT2D eigenvalue weighted by Gasteiger charge is -2.16. The highest BCUT2D eigenvalue weighted by Gasteiger charge is 2.10. The number of rotatable bonds is 5. The molecule has 1 rings (SSSR count). The highest BCUT2D eigenvalue weighted by Crippen LogP contribution is 2.24. The number of nitrogens with two attached hydrogens (primary N) is 1. The van der Waals surface area contributed by atoms with Crippen LogP contribution in [0.3, 0.4) is 0 Å². The third kappa shape index (κ3) is 3.47. The molecule has 16 heavy (non-hydrogen) atoms. The van der Waals surface area contributed by atoms with Crippen molar-refractivity contribution in [2.45, 2.75) is 26.0 Å². The van der Waals surface area contributed by atoms with Crippen LogP contribution in [0.4, 0.5) is 4.39 Å². The Bertz CT molecular complexity index is 342. The maximum Gasteiger partial charge on any atom is 0.127 e. The van der Waals surface area contributed by atoms with Crippen LogP contribution in [0.15, 0.2) is 18.2 Å². The molecule has 1 aromatic carbocycles. The van der Waals surface area contributed by atoms with E-state index in [1.807, 2.05) is 13.8 Å². The zero-order valence-electron chi connectivity index (χ0n) is 9.87. The molecule has 0 aliphatic heterocycles. The molecule has 90 valence electrons. The third-order valence-corrected chi connectivity index (χ3v) is 2.34. The first-order valence-electron chi connectivity index (χ1n) is 5.25. The molecule has 0 bridgehead atoms. The molecule has 3 nitrogen and oxygen atoms in total. The molecule has 0 spiro atoms. The van der Waals surface area contributed by atoms with Gasteiger partial charge in [0.1, 0.15) is 18.2 Å². The van der Waals surface area contributed by atoms with Gasteiger partial charge in [-0.25, -0.2) is 4.39 Å². The van der Waals surface area contributed by atoms with E-state index in [0.717, 1.165) is 5.56 Å². The zero-order valence-corrected chi connectivity index (χ0v) is 9.87. The van der Waals surface area contributed by atoms with Gasteiger partial charge in [0.05, 0.1) is 6.10 Å². The molecule has 2 N–H and O–H groups in total. The highest BCUT2D eigenvalue weighted by molar-refractivity contribution is 5.36.